The third-order valence-corrected chi connectivity index (χ3v) is 4.82. The first kappa shape index (κ1) is 20.0. The standard InChI is InChI=1S/C18H27FN6O/c1-12(18(24-21-2)14(19)11-26)25(3)17-5-4-15(23-16(17)10-20)13-6-8-22-9-7-13/h4-5,10-13,20-22,24H,6-9H2,1-3H3. The van der Waals surface area contributed by atoms with Crippen LogP contribution in [0.1, 0.15) is 37.1 Å². The molecular formula is C18H27FN6O. The van der Waals surface area contributed by atoms with Crippen molar-refractivity contribution in [1.29, 1.82) is 5.41 Å². The molecule has 1 saturated heterocycles. The summed E-state index contributed by atoms with van der Waals surface area (Å²) in [7, 11) is 3.39. The number of likely N-dealkylation sites (N-methyl/N-ethyl adjacent to an activating group) is 1. The molecule has 0 aromatic carbocycles. The van der Waals surface area contributed by atoms with E-state index in [0.717, 1.165) is 31.6 Å². The molecule has 0 saturated carbocycles. The van der Waals surface area contributed by atoms with E-state index in [1.165, 1.54) is 6.21 Å². The number of pyridine rings is 1. The van der Waals surface area contributed by atoms with Gasteiger partial charge in [0.05, 0.1) is 17.4 Å². The predicted molar refractivity (Wildman–Crippen MR) is 101 cm³/mol. The second-order valence-corrected chi connectivity index (χ2v) is 6.35. The summed E-state index contributed by atoms with van der Waals surface area (Å²) in [5, 5.41) is 11.1. The lowest BCUT2D eigenvalue weighted by atomic mass is 9.94. The van der Waals surface area contributed by atoms with Gasteiger partial charge in [-0.25, -0.2) is 14.8 Å². The van der Waals surface area contributed by atoms with Crippen LogP contribution in [0.25, 0.3) is 0 Å². The molecule has 0 amide bonds. The fourth-order valence-corrected chi connectivity index (χ4v) is 3.20. The number of aromatic nitrogens is 1. The Morgan fingerprint density at radius 3 is 2.73 bits per heavy atom. The predicted octanol–water partition coefficient (Wildman–Crippen LogP) is 1.47. The molecule has 4 N–H and O–H groups in total. The number of hydrazine groups is 1. The number of rotatable bonds is 8. The summed E-state index contributed by atoms with van der Waals surface area (Å²) in [4.78, 5) is 17.3. The first-order valence-electron chi connectivity index (χ1n) is 8.76. The average molecular weight is 362 g/mol. The molecule has 0 radical (unpaired) electrons. The van der Waals surface area contributed by atoms with Gasteiger partial charge in [0.15, 0.2) is 12.1 Å². The highest BCUT2D eigenvalue weighted by molar-refractivity contribution is 5.84. The summed E-state index contributed by atoms with van der Waals surface area (Å²) in [5.74, 6) is -0.477. The quantitative estimate of drug-likeness (QED) is 0.242. The van der Waals surface area contributed by atoms with Crippen LogP contribution >= 0.6 is 0 Å². The van der Waals surface area contributed by atoms with Gasteiger partial charge in [0.25, 0.3) is 0 Å². The maximum atomic E-state index is 13.9. The summed E-state index contributed by atoms with van der Waals surface area (Å²) in [6, 6.07) is 3.43. The molecule has 0 aliphatic carbocycles. The molecule has 1 atom stereocenters. The molecule has 0 bridgehead atoms. The van der Waals surface area contributed by atoms with Gasteiger partial charge in [-0.3, -0.25) is 4.79 Å². The molecule has 1 aliphatic rings. The number of piperidine rings is 1. The second kappa shape index (κ2) is 9.40. The number of nitrogens with zero attached hydrogens (tertiary/aromatic N) is 2. The molecule has 7 nitrogen and oxygen atoms in total. The summed E-state index contributed by atoms with van der Waals surface area (Å²) >= 11 is 0. The Morgan fingerprint density at radius 2 is 2.15 bits per heavy atom. The monoisotopic (exact) mass is 362 g/mol. The number of hydrogen-bond donors (Lipinski definition) is 4. The van der Waals surface area contributed by atoms with E-state index in [1.54, 1.807) is 25.9 Å². The number of aldehydes is 1. The molecule has 1 aromatic heterocycles. The van der Waals surface area contributed by atoms with Gasteiger partial charge >= 0.3 is 0 Å². The first-order chi connectivity index (χ1) is 12.5. The van der Waals surface area contributed by atoms with Crippen LogP contribution in [0.15, 0.2) is 23.7 Å². The molecule has 1 fully saturated rings. The van der Waals surface area contributed by atoms with E-state index < -0.39 is 11.9 Å². The van der Waals surface area contributed by atoms with Crippen LogP contribution in [0.2, 0.25) is 0 Å². The highest BCUT2D eigenvalue weighted by atomic mass is 19.1. The van der Waals surface area contributed by atoms with E-state index in [4.69, 9.17) is 5.41 Å². The largest absolute Gasteiger partial charge is 0.364 e. The van der Waals surface area contributed by atoms with Gasteiger partial charge in [-0.2, -0.15) is 0 Å². The van der Waals surface area contributed by atoms with E-state index in [1.807, 2.05) is 12.1 Å². The maximum absolute atomic E-state index is 13.9. The van der Waals surface area contributed by atoms with E-state index in [-0.39, 0.29) is 12.0 Å². The number of nitrogens with one attached hydrogen (secondary N) is 4. The number of halogens is 1. The number of carbonyl (C=O) groups is 1. The van der Waals surface area contributed by atoms with Gasteiger partial charge in [-0.15, -0.1) is 0 Å². The first-order valence-corrected chi connectivity index (χ1v) is 8.76. The van der Waals surface area contributed by atoms with Crippen molar-refractivity contribution in [2.24, 2.45) is 0 Å². The van der Waals surface area contributed by atoms with Gasteiger partial charge < -0.3 is 21.1 Å². The smallest absolute Gasteiger partial charge is 0.185 e. The molecule has 0 spiro atoms. The van der Waals surface area contributed by atoms with Crippen molar-refractivity contribution in [2.45, 2.75) is 31.7 Å². The van der Waals surface area contributed by atoms with E-state index in [9.17, 15) is 9.18 Å². The molecule has 1 unspecified atom stereocenters. The third kappa shape index (κ3) is 4.44. The Bertz CT molecular complexity index is 672. The van der Waals surface area contributed by atoms with Crippen molar-refractivity contribution < 1.29 is 9.18 Å². The van der Waals surface area contributed by atoms with Gasteiger partial charge in [-0.1, -0.05) is 0 Å². The highest BCUT2D eigenvalue weighted by Crippen LogP contribution is 2.28. The highest BCUT2D eigenvalue weighted by Gasteiger charge is 2.23. The zero-order valence-corrected chi connectivity index (χ0v) is 15.5. The van der Waals surface area contributed by atoms with Crippen LogP contribution in [0.4, 0.5) is 10.1 Å². The molecule has 26 heavy (non-hydrogen) atoms. The van der Waals surface area contributed by atoms with Crippen molar-refractivity contribution in [2.75, 3.05) is 32.1 Å². The van der Waals surface area contributed by atoms with Crippen molar-refractivity contribution in [3.8, 4) is 0 Å². The Kier molecular flexibility index (Phi) is 7.23. The second-order valence-electron chi connectivity index (χ2n) is 6.35. The summed E-state index contributed by atoms with van der Waals surface area (Å²) < 4.78 is 13.9. The fourth-order valence-electron chi connectivity index (χ4n) is 3.20. The van der Waals surface area contributed by atoms with Crippen molar-refractivity contribution in [3.05, 3.63) is 35.0 Å². The van der Waals surface area contributed by atoms with Gasteiger partial charge in [-0.05, 0) is 45.0 Å². The summed E-state index contributed by atoms with van der Waals surface area (Å²) in [6.45, 7) is 3.72. The molecule has 142 valence electrons. The molecule has 2 rings (SSSR count). The van der Waals surface area contributed by atoms with Crippen molar-refractivity contribution >= 4 is 18.2 Å². The SMILES string of the molecule is CNNC(=C(F)C=O)C(C)N(C)c1ccc(C2CCNCC2)nc1C=N. The zero-order valence-electron chi connectivity index (χ0n) is 15.5. The number of anilines is 1. The topological polar surface area (TPSA) is 93.1 Å². The lowest BCUT2D eigenvalue weighted by Crippen LogP contribution is -2.41. The minimum absolute atomic E-state index is 0.128. The maximum Gasteiger partial charge on any atom is 0.185 e. The Balaban J connectivity index is 2.31. The fraction of sp³-hybridized carbons (Fsp3) is 0.500. The lowest BCUT2D eigenvalue weighted by molar-refractivity contribution is -0.106. The summed E-state index contributed by atoms with van der Waals surface area (Å²) in [6.07, 6.45) is 3.45. The Hall–Kier alpha value is -2.32. The number of allylic oxidation sites excluding steroid dienone is 1. The van der Waals surface area contributed by atoms with Gasteiger partial charge in [0.1, 0.15) is 5.69 Å². The molecule has 1 aliphatic heterocycles. The summed E-state index contributed by atoms with van der Waals surface area (Å²) in [5.41, 5.74) is 7.69. The van der Waals surface area contributed by atoms with Crippen LogP contribution in [0, 0.1) is 5.41 Å². The molecule has 8 heteroatoms. The lowest BCUT2D eigenvalue weighted by Gasteiger charge is -2.31. The average Bonchev–Trinajstić information content (AvgIpc) is 2.70. The van der Waals surface area contributed by atoms with Crippen molar-refractivity contribution in [3.63, 3.8) is 0 Å². The minimum atomic E-state index is -0.866. The van der Waals surface area contributed by atoms with Crippen LogP contribution in [-0.4, -0.2) is 50.7 Å². The minimum Gasteiger partial charge on any atom is -0.364 e. The van der Waals surface area contributed by atoms with Gasteiger partial charge in [0, 0.05) is 31.9 Å². The van der Waals surface area contributed by atoms with E-state index in [2.05, 4.69) is 21.2 Å². The van der Waals surface area contributed by atoms with Crippen LogP contribution in [0.3, 0.4) is 0 Å². The van der Waals surface area contributed by atoms with Gasteiger partial charge in [0.2, 0.25) is 0 Å². The third-order valence-electron chi connectivity index (χ3n) is 4.82. The van der Waals surface area contributed by atoms with Crippen LogP contribution < -0.4 is 21.1 Å². The van der Waals surface area contributed by atoms with Crippen LogP contribution in [0.5, 0.6) is 0 Å². The van der Waals surface area contributed by atoms with E-state index >= 15 is 0 Å². The van der Waals surface area contributed by atoms with Crippen LogP contribution in [-0.2, 0) is 4.79 Å². The molecule has 2 heterocycles. The normalized spacial score (nSPS) is 17.2. The molecular weight excluding hydrogens is 335 g/mol. The Morgan fingerprint density at radius 1 is 1.46 bits per heavy atom. The number of carbonyl (C=O) groups excluding carboxylic acids is 1. The Labute approximate surface area is 153 Å². The molecule has 1 aromatic rings. The number of hydrogen-bond acceptors (Lipinski definition) is 7. The van der Waals surface area contributed by atoms with Crippen molar-refractivity contribution in [1.82, 2.24) is 21.2 Å². The zero-order chi connectivity index (χ0) is 19.1. The van der Waals surface area contributed by atoms with E-state index in [0.29, 0.717) is 17.3 Å².